The minimum atomic E-state index is -0.348. The van der Waals surface area contributed by atoms with Gasteiger partial charge in [-0.1, -0.05) is 30.3 Å². The van der Waals surface area contributed by atoms with Crippen LogP contribution in [0.25, 0.3) is 0 Å². The lowest BCUT2D eigenvalue weighted by Gasteiger charge is -2.51. The second kappa shape index (κ2) is 5.51. The molecule has 2 bridgehead atoms. The fraction of sp³-hybridized carbons (Fsp3) is 0.529. The molecule has 0 heterocycles. The number of rotatable bonds is 4. The minimum absolute atomic E-state index is 0.114. The zero-order valence-electron chi connectivity index (χ0n) is 12.1. The van der Waals surface area contributed by atoms with Gasteiger partial charge in [-0.25, -0.2) is 4.79 Å². The molecule has 1 aromatic rings. The van der Waals surface area contributed by atoms with Crippen LogP contribution in [0.15, 0.2) is 30.3 Å². The quantitative estimate of drug-likeness (QED) is 0.865. The van der Waals surface area contributed by atoms with Gasteiger partial charge in [0.1, 0.15) is 12.9 Å². The van der Waals surface area contributed by atoms with Crippen molar-refractivity contribution in [1.29, 1.82) is 0 Å². The van der Waals surface area contributed by atoms with Crippen LogP contribution in [0, 0.1) is 5.41 Å². The Balaban J connectivity index is 1.53. The van der Waals surface area contributed by atoms with Gasteiger partial charge in [0.05, 0.1) is 0 Å². The van der Waals surface area contributed by atoms with Crippen LogP contribution in [0.2, 0.25) is 0 Å². The molecule has 4 nitrogen and oxygen atoms in total. The number of carbonyl (C=O) groups is 2. The Hall–Kier alpha value is -1.84. The molecule has 0 unspecified atom stereocenters. The summed E-state index contributed by atoms with van der Waals surface area (Å²) in [6.45, 7) is 0.293. The smallest absolute Gasteiger partial charge is 0.407 e. The standard InChI is InChI=1S/C17H21NO3/c19-13-16-6-9-17(10-7-16,11-8-16)18-15(20)21-12-14-4-2-1-3-5-14/h1-5,13H,6-12H2,(H,18,20). The lowest BCUT2D eigenvalue weighted by molar-refractivity contribution is -0.122. The molecular weight excluding hydrogens is 266 g/mol. The Morgan fingerprint density at radius 3 is 2.29 bits per heavy atom. The highest BCUT2D eigenvalue weighted by Crippen LogP contribution is 2.51. The summed E-state index contributed by atoms with van der Waals surface area (Å²) in [6, 6.07) is 9.66. The molecular formula is C17H21NO3. The van der Waals surface area contributed by atoms with Gasteiger partial charge in [0.2, 0.25) is 0 Å². The monoisotopic (exact) mass is 287 g/mol. The van der Waals surface area contributed by atoms with Crippen LogP contribution in [-0.2, 0) is 16.1 Å². The lowest BCUT2D eigenvalue weighted by Crippen LogP contribution is -2.57. The second-order valence-corrected chi connectivity index (χ2v) is 6.45. The zero-order valence-corrected chi connectivity index (χ0v) is 12.1. The molecule has 1 N–H and O–H groups in total. The first-order valence-corrected chi connectivity index (χ1v) is 7.61. The number of carbonyl (C=O) groups excluding carboxylic acids is 2. The van der Waals surface area contributed by atoms with E-state index in [4.69, 9.17) is 4.74 Å². The van der Waals surface area contributed by atoms with Gasteiger partial charge in [-0.2, -0.15) is 0 Å². The van der Waals surface area contributed by atoms with Crippen LogP contribution in [0.1, 0.15) is 44.1 Å². The lowest BCUT2D eigenvalue weighted by atomic mass is 9.58. The van der Waals surface area contributed by atoms with E-state index in [2.05, 4.69) is 5.32 Å². The molecule has 0 atom stereocenters. The van der Waals surface area contributed by atoms with Crippen molar-refractivity contribution in [3.63, 3.8) is 0 Å². The van der Waals surface area contributed by atoms with E-state index < -0.39 is 0 Å². The predicted molar refractivity (Wildman–Crippen MR) is 78.7 cm³/mol. The van der Waals surface area contributed by atoms with Crippen LogP contribution < -0.4 is 5.32 Å². The maximum atomic E-state index is 12.0. The van der Waals surface area contributed by atoms with Crippen molar-refractivity contribution in [1.82, 2.24) is 5.32 Å². The number of benzene rings is 1. The van der Waals surface area contributed by atoms with Crippen molar-refractivity contribution >= 4 is 12.4 Å². The number of hydrogen-bond donors (Lipinski definition) is 1. The number of ether oxygens (including phenoxy) is 1. The van der Waals surface area contributed by atoms with E-state index in [9.17, 15) is 9.59 Å². The van der Waals surface area contributed by atoms with E-state index >= 15 is 0 Å². The van der Waals surface area contributed by atoms with Crippen molar-refractivity contribution in [2.45, 2.75) is 50.7 Å². The predicted octanol–water partition coefficient (Wildman–Crippen LogP) is 3.20. The van der Waals surface area contributed by atoms with E-state index in [0.29, 0.717) is 6.61 Å². The van der Waals surface area contributed by atoms with Crippen LogP contribution in [-0.4, -0.2) is 17.9 Å². The fourth-order valence-corrected chi connectivity index (χ4v) is 3.55. The largest absolute Gasteiger partial charge is 0.445 e. The van der Waals surface area contributed by atoms with Crippen molar-refractivity contribution in [2.75, 3.05) is 0 Å². The summed E-state index contributed by atoms with van der Waals surface area (Å²) in [6.07, 6.45) is 6.08. The molecule has 1 aromatic carbocycles. The van der Waals surface area contributed by atoms with Crippen molar-refractivity contribution in [2.24, 2.45) is 5.41 Å². The molecule has 0 spiro atoms. The SMILES string of the molecule is O=CC12CCC(NC(=O)OCc3ccccc3)(CC1)CC2. The van der Waals surface area contributed by atoms with Crippen LogP contribution in [0.4, 0.5) is 4.79 Å². The molecule has 4 heteroatoms. The van der Waals surface area contributed by atoms with Gasteiger partial charge in [-0.3, -0.25) is 0 Å². The number of amides is 1. The summed E-state index contributed by atoms with van der Waals surface area (Å²) in [7, 11) is 0. The van der Waals surface area contributed by atoms with Gasteiger partial charge in [0.15, 0.2) is 0 Å². The van der Waals surface area contributed by atoms with Crippen molar-refractivity contribution < 1.29 is 14.3 Å². The Bertz CT molecular complexity index is 502. The number of aldehydes is 1. The number of hydrogen-bond acceptors (Lipinski definition) is 3. The maximum Gasteiger partial charge on any atom is 0.407 e. The minimum Gasteiger partial charge on any atom is -0.445 e. The molecule has 0 saturated heterocycles. The van der Waals surface area contributed by atoms with E-state index in [0.717, 1.165) is 50.4 Å². The highest BCUT2D eigenvalue weighted by Gasteiger charge is 2.49. The third-order valence-electron chi connectivity index (χ3n) is 5.13. The molecule has 0 aliphatic heterocycles. The Labute approximate surface area is 124 Å². The third-order valence-corrected chi connectivity index (χ3v) is 5.13. The highest BCUT2D eigenvalue weighted by atomic mass is 16.5. The first-order chi connectivity index (χ1) is 10.2. The molecule has 3 saturated carbocycles. The van der Waals surface area contributed by atoms with Crippen molar-refractivity contribution in [3.8, 4) is 0 Å². The molecule has 1 amide bonds. The first-order valence-electron chi connectivity index (χ1n) is 7.61. The Morgan fingerprint density at radius 1 is 1.10 bits per heavy atom. The summed E-state index contributed by atoms with van der Waals surface area (Å²) in [5.41, 5.74) is 0.716. The van der Waals surface area contributed by atoms with Gasteiger partial charge < -0.3 is 14.8 Å². The topological polar surface area (TPSA) is 55.4 Å². The average molecular weight is 287 g/mol. The zero-order chi connectivity index (χ0) is 14.8. The fourth-order valence-electron chi connectivity index (χ4n) is 3.55. The summed E-state index contributed by atoms with van der Waals surface area (Å²) < 4.78 is 5.31. The highest BCUT2D eigenvalue weighted by molar-refractivity contribution is 5.69. The van der Waals surface area contributed by atoms with Gasteiger partial charge in [-0.05, 0) is 44.1 Å². The van der Waals surface area contributed by atoms with Gasteiger partial charge in [0.25, 0.3) is 0 Å². The Kier molecular flexibility index (Phi) is 3.70. The molecule has 0 radical (unpaired) electrons. The average Bonchev–Trinajstić information content (AvgIpc) is 2.55. The van der Waals surface area contributed by atoms with E-state index in [-0.39, 0.29) is 17.0 Å². The molecule has 0 aromatic heterocycles. The summed E-state index contributed by atoms with van der Waals surface area (Å²) >= 11 is 0. The maximum absolute atomic E-state index is 12.0. The summed E-state index contributed by atoms with van der Waals surface area (Å²) in [5, 5.41) is 3.05. The summed E-state index contributed by atoms with van der Waals surface area (Å²) in [5.74, 6) is 0. The second-order valence-electron chi connectivity index (χ2n) is 6.45. The van der Waals surface area contributed by atoms with E-state index in [1.165, 1.54) is 0 Å². The Morgan fingerprint density at radius 2 is 1.71 bits per heavy atom. The van der Waals surface area contributed by atoms with Gasteiger partial charge in [-0.15, -0.1) is 0 Å². The molecule has 4 rings (SSSR count). The van der Waals surface area contributed by atoms with Crippen LogP contribution in [0.3, 0.4) is 0 Å². The van der Waals surface area contributed by atoms with Gasteiger partial charge in [0, 0.05) is 11.0 Å². The molecule has 3 aliphatic carbocycles. The van der Waals surface area contributed by atoms with Crippen LogP contribution in [0.5, 0.6) is 0 Å². The number of nitrogens with one attached hydrogen (secondary N) is 1. The number of fused-ring (bicyclic) bond motifs is 3. The summed E-state index contributed by atoms with van der Waals surface area (Å²) in [4.78, 5) is 23.2. The van der Waals surface area contributed by atoms with E-state index in [1.54, 1.807) is 0 Å². The third kappa shape index (κ3) is 2.94. The van der Waals surface area contributed by atoms with Crippen molar-refractivity contribution in [3.05, 3.63) is 35.9 Å². The molecule has 3 fully saturated rings. The van der Waals surface area contributed by atoms with Crippen LogP contribution >= 0.6 is 0 Å². The normalized spacial score (nSPS) is 30.7. The molecule has 21 heavy (non-hydrogen) atoms. The molecule has 3 aliphatic rings. The molecule has 112 valence electrons. The first kappa shape index (κ1) is 14.1. The van der Waals surface area contributed by atoms with Gasteiger partial charge >= 0.3 is 6.09 Å². The number of alkyl carbamates (subject to hydrolysis) is 1. The van der Waals surface area contributed by atoms with E-state index in [1.807, 2.05) is 30.3 Å².